The van der Waals surface area contributed by atoms with Crippen molar-refractivity contribution in [1.29, 1.82) is 0 Å². The Labute approximate surface area is 74.1 Å². The zero-order valence-electron chi connectivity index (χ0n) is 6.73. The number of pyridine rings is 1. The standard InChI is InChI=1S/C8H8N2O3/c9-6-3-13-7-4(6)1-10-2-5(7)8(11)12/h1-2,6H,3,9H2,(H,11,12). The van der Waals surface area contributed by atoms with E-state index in [1.54, 1.807) is 6.20 Å². The second kappa shape index (κ2) is 2.70. The van der Waals surface area contributed by atoms with Gasteiger partial charge in [-0.3, -0.25) is 4.98 Å². The van der Waals surface area contributed by atoms with E-state index in [1.165, 1.54) is 6.20 Å². The Kier molecular flexibility index (Phi) is 1.66. The second-order valence-electron chi connectivity index (χ2n) is 2.83. The highest BCUT2D eigenvalue weighted by Crippen LogP contribution is 2.32. The van der Waals surface area contributed by atoms with Crippen molar-refractivity contribution in [3.8, 4) is 5.75 Å². The lowest BCUT2D eigenvalue weighted by Gasteiger charge is -2.01. The highest BCUT2D eigenvalue weighted by Gasteiger charge is 2.26. The minimum atomic E-state index is -1.04. The third-order valence-electron chi connectivity index (χ3n) is 1.96. The van der Waals surface area contributed by atoms with Crippen LogP contribution in [0.2, 0.25) is 0 Å². The van der Waals surface area contributed by atoms with Gasteiger partial charge in [-0.1, -0.05) is 0 Å². The van der Waals surface area contributed by atoms with E-state index in [1.807, 2.05) is 0 Å². The van der Waals surface area contributed by atoms with Gasteiger partial charge in [0, 0.05) is 18.0 Å². The molecule has 13 heavy (non-hydrogen) atoms. The van der Waals surface area contributed by atoms with Crippen LogP contribution in [0.4, 0.5) is 0 Å². The van der Waals surface area contributed by atoms with E-state index in [2.05, 4.69) is 4.98 Å². The molecule has 0 spiro atoms. The molecular formula is C8H8N2O3. The summed E-state index contributed by atoms with van der Waals surface area (Å²) in [6.45, 7) is 0.321. The number of carbonyl (C=O) groups is 1. The summed E-state index contributed by atoms with van der Waals surface area (Å²) in [5, 5.41) is 8.77. The van der Waals surface area contributed by atoms with Gasteiger partial charge in [0.25, 0.3) is 0 Å². The van der Waals surface area contributed by atoms with Gasteiger partial charge in [-0.25, -0.2) is 4.79 Å². The number of aromatic carboxylic acids is 1. The van der Waals surface area contributed by atoms with Crippen LogP contribution in [-0.2, 0) is 0 Å². The Morgan fingerprint density at radius 1 is 1.69 bits per heavy atom. The maximum absolute atomic E-state index is 10.7. The quantitative estimate of drug-likeness (QED) is 0.643. The molecule has 0 aliphatic carbocycles. The van der Waals surface area contributed by atoms with E-state index in [-0.39, 0.29) is 11.6 Å². The van der Waals surface area contributed by atoms with Crippen LogP contribution in [0, 0.1) is 0 Å². The molecule has 5 nitrogen and oxygen atoms in total. The van der Waals surface area contributed by atoms with Crippen molar-refractivity contribution in [1.82, 2.24) is 4.98 Å². The van der Waals surface area contributed by atoms with Crippen molar-refractivity contribution in [2.75, 3.05) is 6.61 Å². The average Bonchev–Trinajstić information content (AvgIpc) is 2.48. The number of carboxylic acids is 1. The van der Waals surface area contributed by atoms with Gasteiger partial charge in [-0.05, 0) is 0 Å². The first-order valence-corrected chi connectivity index (χ1v) is 3.79. The molecule has 1 aliphatic rings. The van der Waals surface area contributed by atoms with E-state index in [0.29, 0.717) is 17.9 Å². The summed E-state index contributed by atoms with van der Waals surface area (Å²) >= 11 is 0. The van der Waals surface area contributed by atoms with Crippen LogP contribution < -0.4 is 10.5 Å². The molecule has 0 saturated carbocycles. The lowest BCUT2D eigenvalue weighted by atomic mass is 10.1. The Morgan fingerprint density at radius 3 is 3.15 bits per heavy atom. The lowest BCUT2D eigenvalue weighted by molar-refractivity contribution is 0.0692. The third kappa shape index (κ3) is 1.13. The number of ether oxygens (including phenoxy) is 1. The van der Waals surface area contributed by atoms with Gasteiger partial charge < -0.3 is 15.6 Å². The Bertz CT molecular complexity index is 364. The number of rotatable bonds is 1. The van der Waals surface area contributed by atoms with Gasteiger partial charge in [0.1, 0.15) is 17.9 Å². The normalized spacial score (nSPS) is 19.3. The third-order valence-corrected chi connectivity index (χ3v) is 1.96. The molecule has 1 aliphatic heterocycles. The summed E-state index contributed by atoms with van der Waals surface area (Å²) in [5.74, 6) is -0.687. The molecule has 3 N–H and O–H groups in total. The molecule has 0 radical (unpaired) electrons. The average molecular weight is 180 g/mol. The van der Waals surface area contributed by atoms with Crippen molar-refractivity contribution in [3.63, 3.8) is 0 Å². The molecule has 0 saturated heterocycles. The van der Waals surface area contributed by atoms with Crippen molar-refractivity contribution in [3.05, 3.63) is 23.5 Å². The molecule has 5 heteroatoms. The van der Waals surface area contributed by atoms with E-state index in [9.17, 15) is 4.79 Å². The molecule has 1 atom stereocenters. The smallest absolute Gasteiger partial charge is 0.341 e. The van der Waals surface area contributed by atoms with Crippen LogP contribution in [0.25, 0.3) is 0 Å². The SMILES string of the molecule is NC1COc2c(C(=O)O)cncc21. The van der Waals surface area contributed by atoms with Crippen LogP contribution in [0.3, 0.4) is 0 Å². The Hall–Kier alpha value is -1.62. The van der Waals surface area contributed by atoms with Crippen LogP contribution in [0.5, 0.6) is 5.75 Å². The predicted octanol–water partition coefficient (Wildman–Crippen LogP) is 0.172. The molecule has 2 rings (SSSR count). The first kappa shape index (κ1) is 8.00. The summed E-state index contributed by atoms with van der Waals surface area (Å²) in [6.07, 6.45) is 2.80. The molecule has 0 fully saturated rings. The van der Waals surface area contributed by atoms with Crippen LogP contribution in [-0.4, -0.2) is 22.7 Å². The minimum absolute atomic E-state index is 0.0745. The van der Waals surface area contributed by atoms with Crippen molar-refractivity contribution >= 4 is 5.97 Å². The van der Waals surface area contributed by atoms with Gasteiger partial charge in [-0.15, -0.1) is 0 Å². The molecular weight excluding hydrogens is 172 g/mol. The van der Waals surface area contributed by atoms with Crippen LogP contribution in [0.15, 0.2) is 12.4 Å². The lowest BCUT2D eigenvalue weighted by Crippen LogP contribution is -2.10. The summed E-state index contributed by atoms with van der Waals surface area (Å²) in [6, 6.07) is -0.262. The van der Waals surface area contributed by atoms with Crippen LogP contribution >= 0.6 is 0 Å². The molecule has 1 aromatic rings. The zero-order valence-corrected chi connectivity index (χ0v) is 6.73. The Balaban J connectivity index is 2.57. The number of hydrogen-bond donors (Lipinski definition) is 2. The fraction of sp³-hybridized carbons (Fsp3) is 0.250. The minimum Gasteiger partial charge on any atom is -0.490 e. The number of carboxylic acid groups (broad SMARTS) is 1. The summed E-state index contributed by atoms with van der Waals surface area (Å²) in [7, 11) is 0. The molecule has 1 aromatic heterocycles. The summed E-state index contributed by atoms with van der Waals surface area (Å²) in [5.41, 5.74) is 6.40. The molecule has 2 heterocycles. The van der Waals surface area contributed by atoms with Crippen molar-refractivity contribution < 1.29 is 14.6 Å². The van der Waals surface area contributed by atoms with Crippen molar-refractivity contribution in [2.45, 2.75) is 6.04 Å². The molecule has 1 unspecified atom stereocenters. The predicted molar refractivity (Wildman–Crippen MR) is 43.6 cm³/mol. The summed E-state index contributed by atoms with van der Waals surface area (Å²) < 4.78 is 5.16. The highest BCUT2D eigenvalue weighted by molar-refractivity contribution is 5.91. The molecule has 0 amide bonds. The van der Waals surface area contributed by atoms with Crippen LogP contribution in [0.1, 0.15) is 22.0 Å². The zero-order chi connectivity index (χ0) is 9.42. The topological polar surface area (TPSA) is 85.4 Å². The summed E-state index contributed by atoms with van der Waals surface area (Å²) in [4.78, 5) is 14.5. The fourth-order valence-electron chi connectivity index (χ4n) is 1.31. The highest BCUT2D eigenvalue weighted by atomic mass is 16.5. The molecule has 0 bridgehead atoms. The fourth-order valence-corrected chi connectivity index (χ4v) is 1.31. The monoisotopic (exact) mass is 180 g/mol. The van der Waals surface area contributed by atoms with Gasteiger partial charge in [0.2, 0.25) is 0 Å². The van der Waals surface area contributed by atoms with E-state index < -0.39 is 5.97 Å². The van der Waals surface area contributed by atoms with E-state index in [4.69, 9.17) is 15.6 Å². The first-order valence-electron chi connectivity index (χ1n) is 3.79. The van der Waals surface area contributed by atoms with Crippen molar-refractivity contribution in [2.24, 2.45) is 5.73 Å². The number of aromatic nitrogens is 1. The molecule has 0 aromatic carbocycles. The number of hydrogen-bond acceptors (Lipinski definition) is 4. The number of nitrogens with zero attached hydrogens (tertiary/aromatic N) is 1. The maximum atomic E-state index is 10.7. The Morgan fingerprint density at radius 2 is 2.46 bits per heavy atom. The second-order valence-corrected chi connectivity index (χ2v) is 2.83. The van der Waals surface area contributed by atoms with E-state index in [0.717, 1.165) is 0 Å². The number of fused-ring (bicyclic) bond motifs is 1. The maximum Gasteiger partial charge on any atom is 0.341 e. The number of nitrogens with two attached hydrogens (primary N) is 1. The first-order chi connectivity index (χ1) is 6.20. The van der Waals surface area contributed by atoms with Gasteiger partial charge >= 0.3 is 5.97 Å². The largest absolute Gasteiger partial charge is 0.490 e. The van der Waals surface area contributed by atoms with Gasteiger partial charge in [0.05, 0.1) is 6.04 Å². The van der Waals surface area contributed by atoms with E-state index >= 15 is 0 Å². The van der Waals surface area contributed by atoms with Gasteiger partial charge in [-0.2, -0.15) is 0 Å². The molecule has 68 valence electrons. The van der Waals surface area contributed by atoms with Gasteiger partial charge in [0.15, 0.2) is 0 Å².